The number of carbonyl (C=O) groups is 3. The van der Waals surface area contributed by atoms with E-state index in [9.17, 15) is 41.4 Å². The van der Waals surface area contributed by atoms with Crippen LogP contribution in [0.25, 0.3) is 0 Å². The van der Waals surface area contributed by atoms with Gasteiger partial charge in [-0.3, -0.25) is 24.0 Å². The van der Waals surface area contributed by atoms with Crippen LogP contribution in [0.3, 0.4) is 0 Å². The first-order valence-corrected chi connectivity index (χ1v) is 12.8. The minimum atomic E-state index is -5.03. The summed E-state index contributed by atoms with van der Waals surface area (Å²) in [6, 6.07) is 3.22. The minimum absolute atomic E-state index is 0.0729. The molecule has 13 heteroatoms. The number of alkyl halides is 3. The van der Waals surface area contributed by atoms with Crippen LogP contribution in [0.1, 0.15) is 75.0 Å². The highest BCUT2D eigenvalue weighted by molar-refractivity contribution is 6.03. The largest absolute Gasteiger partial charge is 0.481 e. The number of aliphatic carboxylic acids is 1. The van der Waals surface area contributed by atoms with Gasteiger partial charge in [0.2, 0.25) is 0 Å². The van der Waals surface area contributed by atoms with Gasteiger partial charge in [0.05, 0.1) is 30.3 Å². The van der Waals surface area contributed by atoms with Gasteiger partial charge in [-0.25, -0.2) is 8.78 Å². The number of nitrogens with zero attached hydrogens (tertiary/aromatic N) is 4. The van der Waals surface area contributed by atoms with E-state index in [1.165, 1.54) is 6.20 Å². The lowest BCUT2D eigenvalue weighted by Crippen LogP contribution is -2.37. The van der Waals surface area contributed by atoms with Crippen molar-refractivity contribution in [3.63, 3.8) is 0 Å². The van der Waals surface area contributed by atoms with E-state index >= 15 is 0 Å². The number of carboxylic acids is 1. The zero-order valence-electron chi connectivity index (χ0n) is 22.2. The zero-order chi connectivity index (χ0) is 30.1. The summed E-state index contributed by atoms with van der Waals surface area (Å²) in [7, 11) is 0. The summed E-state index contributed by atoms with van der Waals surface area (Å²) in [4.78, 5) is 43.2. The Morgan fingerprint density at radius 2 is 1.68 bits per heavy atom. The monoisotopic (exact) mass is 578 g/mol. The van der Waals surface area contributed by atoms with E-state index in [0.717, 1.165) is 23.2 Å². The van der Waals surface area contributed by atoms with Crippen molar-refractivity contribution in [1.29, 1.82) is 0 Å². The molecule has 0 radical (unpaired) electrons. The number of ketones is 1. The molecule has 218 valence electrons. The Labute approximate surface area is 231 Å². The molecule has 1 fully saturated rings. The van der Waals surface area contributed by atoms with Crippen molar-refractivity contribution in [2.45, 2.75) is 58.3 Å². The van der Waals surface area contributed by atoms with Gasteiger partial charge in [-0.05, 0) is 68.9 Å². The van der Waals surface area contributed by atoms with Crippen LogP contribution in [0.4, 0.5) is 22.0 Å². The van der Waals surface area contributed by atoms with Crippen LogP contribution in [0, 0.1) is 31.4 Å². The third-order valence-electron chi connectivity index (χ3n) is 7.23. The molecule has 8 nitrogen and oxygen atoms in total. The number of halogens is 5. The second-order valence-corrected chi connectivity index (χ2v) is 10.1. The molecule has 1 saturated carbocycles. The van der Waals surface area contributed by atoms with Crippen LogP contribution >= 0.6 is 0 Å². The maximum Gasteiger partial charge on any atom is 0.433 e. The quantitative estimate of drug-likeness (QED) is 0.278. The van der Waals surface area contributed by atoms with Crippen molar-refractivity contribution in [2.75, 3.05) is 6.54 Å². The van der Waals surface area contributed by atoms with Gasteiger partial charge in [-0.15, -0.1) is 0 Å². The number of aryl methyl sites for hydroxylation is 2. The lowest BCUT2D eigenvalue weighted by Gasteiger charge is -2.28. The number of amides is 1. The Kier molecular flexibility index (Phi) is 8.55. The molecule has 3 aromatic rings. The molecule has 1 aliphatic rings. The van der Waals surface area contributed by atoms with E-state index in [-0.39, 0.29) is 36.8 Å². The van der Waals surface area contributed by atoms with E-state index in [4.69, 9.17) is 0 Å². The van der Waals surface area contributed by atoms with Crippen LogP contribution < -0.4 is 0 Å². The van der Waals surface area contributed by atoms with Crippen LogP contribution in [-0.4, -0.2) is 49.0 Å². The van der Waals surface area contributed by atoms with Gasteiger partial charge in [-0.2, -0.15) is 18.3 Å². The molecule has 1 aromatic carbocycles. The fourth-order valence-corrected chi connectivity index (χ4v) is 5.31. The summed E-state index contributed by atoms with van der Waals surface area (Å²) in [5.41, 5.74) is -1.18. The lowest BCUT2D eigenvalue weighted by atomic mass is 9.86. The van der Waals surface area contributed by atoms with E-state index in [0.29, 0.717) is 22.0 Å². The summed E-state index contributed by atoms with van der Waals surface area (Å²) < 4.78 is 71.7. The van der Waals surface area contributed by atoms with Crippen LogP contribution in [0.15, 0.2) is 36.7 Å². The van der Waals surface area contributed by atoms with Gasteiger partial charge in [0.1, 0.15) is 11.6 Å². The average Bonchev–Trinajstić information content (AvgIpc) is 3.33. The molecule has 2 aromatic heterocycles. The Hall–Kier alpha value is -4.16. The highest BCUT2D eigenvalue weighted by atomic mass is 19.4. The first-order chi connectivity index (χ1) is 19.3. The molecule has 41 heavy (non-hydrogen) atoms. The minimum Gasteiger partial charge on any atom is -0.481 e. The molecular weight excluding hydrogens is 551 g/mol. The predicted octanol–water partition coefficient (Wildman–Crippen LogP) is 5.53. The van der Waals surface area contributed by atoms with Crippen molar-refractivity contribution in [1.82, 2.24) is 19.7 Å². The lowest BCUT2D eigenvalue weighted by molar-refractivity contribution is -0.147. The Bertz CT molecular complexity index is 1440. The van der Waals surface area contributed by atoms with Gasteiger partial charge < -0.3 is 10.0 Å². The third-order valence-corrected chi connectivity index (χ3v) is 7.23. The molecule has 2 heterocycles. The number of aromatic nitrogens is 3. The normalized spacial score (nSPS) is 17.3. The topological polar surface area (TPSA) is 105 Å². The number of hydrogen-bond acceptors (Lipinski definition) is 5. The first kappa shape index (κ1) is 29.8. The molecule has 1 aliphatic carbocycles. The second-order valence-electron chi connectivity index (χ2n) is 10.1. The van der Waals surface area contributed by atoms with E-state index in [2.05, 4.69) is 10.1 Å². The highest BCUT2D eigenvalue weighted by Gasteiger charge is 2.43. The molecule has 0 spiro atoms. The fourth-order valence-electron chi connectivity index (χ4n) is 5.31. The first-order valence-electron chi connectivity index (χ1n) is 12.8. The van der Waals surface area contributed by atoms with Crippen LogP contribution in [0.5, 0.6) is 0 Å². The molecule has 4 rings (SSSR count). The Morgan fingerprint density at radius 1 is 1.05 bits per heavy atom. The summed E-state index contributed by atoms with van der Waals surface area (Å²) in [5, 5.41) is 13.1. The standard InChI is InChI=1S/C28H27F5N4O4/c1-15-7-8-34-16(2)24(15)23(38)14-36(13-17-9-19(29)11-20(30)10-17)26(39)22-12-35-37(25(22)28(31,32)33)21-5-3-18(4-6-21)27(40)41/h7-12,18,21H,3-6,13-14H2,1-2H3,(H,40,41)/t18-,21-. The van der Waals surface area contributed by atoms with Gasteiger partial charge in [0, 0.05) is 30.1 Å². The Morgan fingerprint density at radius 3 is 2.24 bits per heavy atom. The number of Topliss-reactive ketones (excluding diaryl/α,β-unsaturated/α-hetero) is 1. The summed E-state index contributed by atoms with van der Waals surface area (Å²) >= 11 is 0. The average molecular weight is 579 g/mol. The van der Waals surface area contributed by atoms with Gasteiger partial charge >= 0.3 is 12.1 Å². The van der Waals surface area contributed by atoms with E-state index < -0.39 is 71.8 Å². The molecule has 0 bridgehead atoms. The van der Waals surface area contributed by atoms with Crippen LogP contribution in [0.2, 0.25) is 0 Å². The van der Waals surface area contributed by atoms with E-state index in [1.807, 2.05) is 0 Å². The molecule has 0 saturated heterocycles. The number of hydrogen-bond donors (Lipinski definition) is 1. The molecule has 0 unspecified atom stereocenters. The fraction of sp³-hybridized carbons (Fsp3) is 0.393. The smallest absolute Gasteiger partial charge is 0.433 e. The van der Waals surface area contributed by atoms with Gasteiger partial charge in [-0.1, -0.05) is 0 Å². The number of pyridine rings is 1. The molecule has 0 atom stereocenters. The molecule has 0 aliphatic heterocycles. The number of carboxylic acid groups (broad SMARTS) is 1. The third kappa shape index (κ3) is 6.60. The van der Waals surface area contributed by atoms with Crippen molar-refractivity contribution in [3.8, 4) is 0 Å². The predicted molar refractivity (Wildman–Crippen MR) is 135 cm³/mol. The molecule has 1 N–H and O–H groups in total. The number of carbonyl (C=O) groups excluding carboxylic acids is 2. The number of benzene rings is 1. The maximum atomic E-state index is 14.4. The van der Waals surface area contributed by atoms with Gasteiger partial charge in [0.25, 0.3) is 5.91 Å². The summed E-state index contributed by atoms with van der Waals surface area (Å²) in [6.07, 6.45) is -2.26. The zero-order valence-corrected chi connectivity index (χ0v) is 22.2. The van der Waals surface area contributed by atoms with Crippen molar-refractivity contribution in [3.05, 3.63) is 81.9 Å². The van der Waals surface area contributed by atoms with Crippen molar-refractivity contribution < 1.29 is 41.4 Å². The summed E-state index contributed by atoms with van der Waals surface area (Å²) in [6.45, 7) is 1.94. The summed E-state index contributed by atoms with van der Waals surface area (Å²) in [5.74, 6) is -5.45. The highest BCUT2D eigenvalue weighted by Crippen LogP contribution is 2.39. The van der Waals surface area contributed by atoms with Gasteiger partial charge in [0.15, 0.2) is 11.5 Å². The Balaban J connectivity index is 1.73. The second kappa shape index (κ2) is 11.8. The van der Waals surface area contributed by atoms with Crippen molar-refractivity contribution >= 4 is 17.7 Å². The van der Waals surface area contributed by atoms with Crippen LogP contribution in [-0.2, 0) is 17.5 Å². The molecular formula is C28H27F5N4O4. The van der Waals surface area contributed by atoms with E-state index in [1.54, 1.807) is 19.9 Å². The maximum absolute atomic E-state index is 14.4. The number of rotatable bonds is 8. The molecule has 1 amide bonds. The SMILES string of the molecule is Cc1ccnc(C)c1C(=O)CN(Cc1cc(F)cc(F)c1)C(=O)c1cnn([C@H]2CC[C@H](C(=O)O)CC2)c1C(F)(F)F. The van der Waals surface area contributed by atoms with Crippen molar-refractivity contribution in [2.24, 2.45) is 5.92 Å².